The molecule has 2 rings (SSSR count). The molecular formula is C22H29NO3. The van der Waals surface area contributed by atoms with Gasteiger partial charge >= 0.3 is 0 Å². The van der Waals surface area contributed by atoms with Gasteiger partial charge in [0, 0.05) is 0 Å². The van der Waals surface area contributed by atoms with Gasteiger partial charge in [-0.15, -0.1) is 0 Å². The third-order valence-electron chi connectivity index (χ3n) is 4.71. The van der Waals surface area contributed by atoms with Crippen molar-refractivity contribution in [2.24, 2.45) is 0 Å². The van der Waals surface area contributed by atoms with E-state index in [4.69, 9.17) is 9.47 Å². The second-order valence-corrected chi connectivity index (χ2v) is 6.70. The van der Waals surface area contributed by atoms with E-state index in [1.165, 1.54) is 5.56 Å². The Morgan fingerprint density at radius 3 is 2.35 bits per heavy atom. The molecule has 0 fully saturated rings. The van der Waals surface area contributed by atoms with Crippen molar-refractivity contribution in [1.82, 2.24) is 5.32 Å². The molecule has 1 amide bonds. The molecule has 0 bridgehead atoms. The predicted octanol–water partition coefficient (Wildman–Crippen LogP) is 4.66. The second-order valence-electron chi connectivity index (χ2n) is 6.70. The molecule has 0 saturated carbocycles. The average Bonchev–Trinajstić information content (AvgIpc) is 2.62. The summed E-state index contributed by atoms with van der Waals surface area (Å²) in [5.74, 6) is 1.44. The lowest BCUT2D eigenvalue weighted by molar-refractivity contribution is -0.128. The van der Waals surface area contributed by atoms with Crippen LogP contribution in [-0.2, 0) is 4.79 Å². The fourth-order valence-electron chi connectivity index (χ4n) is 2.87. The number of ether oxygens (including phenoxy) is 2. The Morgan fingerprint density at radius 2 is 1.77 bits per heavy atom. The molecule has 0 heterocycles. The second kappa shape index (κ2) is 8.75. The number of amides is 1. The van der Waals surface area contributed by atoms with E-state index in [1.54, 1.807) is 14.0 Å². The summed E-state index contributed by atoms with van der Waals surface area (Å²) in [5.41, 5.74) is 4.47. The highest BCUT2D eigenvalue weighted by Gasteiger charge is 2.20. The number of aryl methyl sites for hydroxylation is 3. The Labute approximate surface area is 156 Å². The minimum atomic E-state index is -0.564. The molecule has 0 aromatic heterocycles. The summed E-state index contributed by atoms with van der Waals surface area (Å²) in [7, 11) is 1.66. The molecule has 0 aliphatic carbocycles. The van der Waals surface area contributed by atoms with Gasteiger partial charge in [-0.1, -0.05) is 25.1 Å². The van der Waals surface area contributed by atoms with Crippen molar-refractivity contribution in [2.75, 3.05) is 7.11 Å². The summed E-state index contributed by atoms with van der Waals surface area (Å²) in [6, 6.07) is 11.8. The summed E-state index contributed by atoms with van der Waals surface area (Å²) < 4.78 is 11.1. The van der Waals surface area contributed by atoms with Crippen LogP contribution in [0.25, 0.3) is 0 Å². The van der Waals surface area contributed by atoms with E-state index in [9.17, 15) is 4.79 Å². The van der Waals surface area contributed by atoms with E-state index in [-0.39, 0.29) is 11.9 Å². The third kappa shape index (κ3) is 4.78. The molecule has 0 unspecified atom stereocenters. The topological polar surface area (TPSA) is 47.6 Å². The lowest BCUT2D eigenvalue weighted by Gasteiger charge is -2.22. The van der Waals surface area contributed by atoms with Gasteiger partial charge in [-0.25, -0.2) is 0 Å². The van der Waals surface area contributed by atoms with Gasteiger partial charge < -0.3 is 14.8 Å². The number of methoxy groups -OCH3 is 1. The van der Waals surface area contributed by atoms with Crippen LogP contribution in [0.4, 0.5) is 0 Å². The van der Waals surface area contributed by atoms with Crippen molar-refractivity contribution in [2.45, 2.75) is 53.2 Å². The highest BCUT2D eigenvalue weighted by molar-refractivity contribution is 5.81. The zero-order valence-corrected chi connectivity index (χ0v) is 16.6. The van der Waals surface area contributed by atoms with Crippen molar-refractivity contribution in [3.8, 4) is 11.5 Å². The van der Waals surface area contributed by atoms with Gasteiger partial charge in [0.25, 0.3) is 5.91 Å². The van der Waals surface area contributed by atoms with Crippen LogP contribution in [0.15, 0.2) is 36.4 Å². The standard InChI is InChI=1S/C22H29NO3/c1-7-20(18-9-11-21(25-6)16(4)12-18)23-22(24)17(5)26-19-10-8-14(2)15(3)13-19/h8-13,17,20H,7H2,1-6H3,(H,23,24)/t17-,20-/m1/s1. The Bertz CT molecular complexity index is 770. The van der Waals surface area contributed by atoms with E-state index in [0.717, 1.165) is 28.9 Å². The third-order valence-corrected chi connectivity index (χ3v) is 4.71. The maximum Gasteiger partial charge on any atom is 0.261 e. The first-order valence-electron chi connectivity index (χ1n) is 9.04. The first kappa shape index (κ1) is 19.8. The fraction of sp³-hybridized carbons (Fsp3) is 0.409. The van der Waals surface area contributed by atoms with Crippen LogP contribution >= 0.6 is 0 Å². The molecule has 0 spiro atoms. The summed E-state index contributed by atoms with van der Waals surface area (Å²) in [5, 5.41) is 3.09. The molecule has 0 aliphatic rings. The minimum absolute atomic E-state index is 0.0575. The molecule has 140 valence electrons. The van der Waals surface area contributed by atoms with Crippen LogP contribution in [-0.4, -0.2) is 19.1 Å². The molecule has 26 heavy (non-hydrogen) atoms. The number of rotatable bonds is 7. The predicted molar refractivity (Wildman–Crippen MR) is 105 cm³/mol. The zero-order valence-electron chi connectivity index (χ0n) is 16.6. The first-order valence-corrected chi connectivity index (χ1v) is 9.04. The van der Waals surface area contributed by atoms with Crippen LogP contribution in [0.1, 0.15) is 48.6 Å². The summed E-state index contributed by atoms with van der Waals surface area (Å²) in [4.78, 5) is 12.6. The molecule has 0 saturated heterocycles. The molecule has 4 heteroatoms. The van der Waals surface area contributed by atoms with E-state index in [0.29, 0.717) is 5.75 Å². The van der Waals surface area contributed by atoms with Gasteiger partial charge in [0.15, 0.2) is 6.10 Å². The van der Waals surface area contributed by atoms with E-state index in [2.05, 4.69) is 25.2 Å². The van der Waals surface area contributed by atoms with Crippen molar-refractivity contribution in [3.05, 3.63) is 58.7 Å². The maximum absolute atomic E-state index is 12.6. The minimum Gasteiger partial charge on any atom is -0.496 e. The van der Waals surface area contributed by atoms with Gasteiger partial charge in [-0.05, 0) is 74.6 Å². The van der Waals surface area contributed by atoms with E-state index >= 15 is 0 Å². The van der Waals surface area contributed by atoms with Crippen LogP contribution in [0.2, 0.25) is 0 Å². The SMILES string of the molecule is CC[C@@H](NC(=O)[C@@H](C)Oc1ccc(C)c(C)c1)c1ccc(OC)c(C)c1. The van der Waals surface area contributed by atoms with Crippen molar-refractivity contribution in [3.63, 3.8) is 0 Å². The number of nitrogens with one attached hydrogen (secondary N) is 1. The number of benzene rings is 2. The molecule has 2 atom stereocenters. The quantitative estimate of drug-likeness (QED) is 0.786. The van der Waals surface area contributed by atoms with Crippen LogP contribution in [0, 0.1) is 20.8 Å². The van der Waals surface area contributed by atoms with Crippen molar-refractivity contribution < 1.29 is 14.3 Å². The molecule has 1 N–H and O–H groups in total. The van der Waals surface area contributed by atoms with Gasteiger partial charge in [-0.3, -0.25) is 4.79 Å². The fourth-order valence-corrected chi connectivity index (χ4v) is 2.87. The Hall–Kier alpha value is -2.49. The average molecular weight is 355 g/mol. The molecule has 0 aliphatic heterocycles. The number of carbonyl (C=O) groups is 1. The largest absolute Gasteiger partial charge is 0.496 e. The number of hydrogen-bond donors (Lipinski definition) is 1. The Kier molecular flexibility index (Phi) is 6.67. The van der Waals surface area contributed by atoms with Crippen LogP contribution < -0.4 is 14.8 Å². The van der Waals surface area contributed by atoms with Gasteiger partial charge in [0.2, 0.25) is 0 Å². The Morgan fingerprint density at radius 1 is 1.04 bits per heavy atom. The van der Waals surface area contributed by atoms with Gasteiger partial charge in [0.05, 0.1) is 13.2 Å². The van der Waals surface area contributed by atoms with E-state index < -0.39 is 6.10 Å². The maximum atomic E-state index is 12.6. The van der Waals surface area contributed by atoms with Crippen LogP contribution in [0.5, 0.6) is 11.5 Å². The molecule has 0 radical (unpaired) electrons. The summed E-state index contributed by atoms with van der Waals surface area (Å²) >= 11 is 0. The lowest BCUT2D eigenvalue weighted by atomic mass is 10.0. The van der Waals surface area contributed by atoms with Gasteiger partial charge in [0.1, 0.15) is 11.5 Å². The molecule has 4 nitrogen and oxygen atoms in total. The molecule has 2 aromatic carbocycles. The summed E-state index contributed by atoms with van der Waals surface area (Å²) in [6.45, 7) is 9.92. The zero-order chi connectivity index (χ0) is 19.3. The van der Waals surface area contributed by atoms with Crippen LogP contribution in [0.3, 0.4) is 0 Å². The van der Waals surface area contributed by atoms with E-state index in [1.807, 2.05) is 44.2 Å². The lowest BCUT2D eigenvalue weighted by Crippen LogP contribution is -2.38. The summed E-state index contributed by atoms with van der Waals surface area (Å²) in [6.07, 6.45) is 0.235. The smallest absolute Gasteiger partial charge is 0.261 e. The first-order chi connectivity index (χ1) is 12.3. The number of hydrogen-bond acceptors (Lipinski definition) is 3. The van der Waals surface area contributed by atoms with Crippen molar-refractivity contribution in [1.29, 1.82) is 0 Å². The monoisotopic (exact) mass is 355 g/mol. The molecular weight excluding hydrogens is 326 g/mol. The highest BCUT2D eigenvalue weighted by Crippen LogP contribution is 2.24. The number of carbonyl (C=O) groups excluding carboxylic acids is 1. The molecule has 2 aromatic rings. The van der Waals surface area contributed by atoms with Gasteiger partial charge in [-0.2, -0.15) is 0 Å². The Balaban J connectivity index is 2.05. The highest BCUT2D eigenvalue weighted by atomic mass is 16.5. The normalized spacial score (nSPS) is 13.0. The van der Waals surface area contributed by atoms with Crippen molar-refractivity contribution >= 4 is 5.91 Å².